The largest absolute Gasteiger partial charge is 0.481 e. The monoisotopic (exact) mass is 262 g/mol. The van der Waals surface area contributed by atoms with Gasteiger partial charge in [-0.2, -0.15) is 0 Å². The summed E-state index contributed by atoms with van der Waals surface area (Å²) in [4.78, 5) is 26.4. The summed E-state index contributed by atoms with van der Waals surface area (Å²) in [5.41, 5.74) is 2.92. The predicted molar refractivity (Wildman–Crippen MR) is 73.6 cm³/mol. The average Bonchev–Trinajstić information content (AvgIpc) is 2.72. The van der Waals surface area contributed by atoms with Crippen molar-refractivity contribution >= 4 is 23.3 Å². The molecule has 5 nitrogen and oxygen atoms in total. The number of carbonyl (C=O) groups is 2. The summed E-state index contributed by atoms with van der Waals surface area (Å²) in [6.07, 6.45) is 0.0838. The van der Waals surface area contributed by atoms with E-state index in [9.17, 15) is 9.59 Å². The number of benzene rings is 1. The van der Waals surface area contributed by atoms with Crippen molar-refractivity contribution in [3.05, 3.63) is 23.8 Å². The molecule has 1 aromatic rings. The number of nitrogens with zero attached hydrogens (tertiary/aromatic N) is 2. The number of amides is 1. The summed E-state index contributed by atoms with van der Waals surface area (Å²) in [5, 5.41) is 9.00. The van der Waals surface area contributed by atoms with Crippen LogP contribution >= 0.6 is 0 Å². The van der Waals surface area contributed by atoms with Crippen LogP contribution in [-0.4, -0.2) is 37.6 Å². The van der Waals surface area contributed by atoms with Crippen molar-refractivity contribution in [2.45, 2.75) is 13.3 Å². The third kappa shape index (κ3) is 2.54. The summed E-state index contributed by atoms with van der Waals surface area (Å²) in [6, 6.07) is 5.74. The highest BCUT2D eigenvalue weighted by atomic mass is 16.4. The number of anilines is 2. The maximum atomic E-state index is 11.9. The van der Waals surface area contributed by atoms with Gasteiger partial charge in [0.2, 0.25) is 5.91 Å². The van der Waals surface area contributed by atoms with Gasteiger partial charge in [0.05, 0.1) is 5.92 Å². The van der Waals surface area contributed by atoms with Crippen molar-refractivity contribution in [1.82, 2.24) is 0 Å². The molecule has 102 valence electrons. The molecule has 1 N–H and O–H groups in total. The van der Waals surface area contributed by atoms with E-state index < -0.39 is 11.9 Å². The fourth-order valence-electron chi connectivity index (χ4n) is 2.37. The van der Waals surface area contributed by atoms with E-state index >= 15 is 0 Å². The Labute approximate surface area is 112 Å². The number of hydrogen-bond donors (Lipinski definition) is 1. The highest BCUT2D eigenvalue weighted by Crippen LogP contribution is 2.29. The molecule has 0 aromatic heterocycles. The minimum atomic E-state index is -0.907. The van der Waals surface area contributed by atoms with Crippen molar-refractivity contribution < 1.29 is 14.7 Å². The second-order valence-corrected chi connectivity index (χ2v) is 5.11. The highest BCUT2D eigenvalue weighted by Gasteiger charge is 2.35. The van der Waals surface area contributed by atoms with Crippen LogP contribution in [0.1, 0.15) is 12.0 Å². The standard InChI is InChI=1S/C14H18N2O3/c1-9-4-5-11(7-12(9)15(2)3)16-8-10(14(18)19)6-13(16)17/h4-5,7,10H,6,8H2,1-3H3,(H,18,19). The zero-order chi connectivity index (χ0) is 14.2. The molecule has 1 unspecified atom stereocenters. The molecule has 5 heteroatoms. The van der Waals surface area contributed by atoms with Gasteiger partial charge in [0, 0.05) is 38.4 Å². The lowest BCUT2D eigenvalue weighted by Gasteiger charge is -2.21. The van der Waals surface area contributed by atoms with Gasteiger partial charge in [-0.1, -0.05) is 6.07 Å². The first-order chi connectivity index (χ1) is 8.90. The minimum Gasteiger partial charge on any atom is -0.481 e. The normalized spacial score (nSPS) is 18.8. The molecule has 19 heavy (non-hydrogen) atoms. The van der Waals surface area contributed by atoms with Crippen LogP contribution in [0.3, 0.4) is 0 Å². The first-order valence-electron chi connectivity index (χ1n) is 6.21. The molecule has 1 saturated heterocycles. The van der Waals surface area contributed by atoms with Crippen LogP contribution in [0.2, 0.25) is 0 Å². The number of carboxylic acids is 1. The Bertz CT molecular complexity index is 525. The van der Waals surface area contributed by atoms with E-state index in [1.54, 1.807) is 4.90 Å². The van der Waals surface area contributed by atoms with Crippen LogP contribution in [-0.2, 0) is 9.59 Å². The van der Waals surface area contributed by atoms with Crippen LogP contribution in [0.25, 0.3) is 0 Å². The molecule has 1 fully saturated rings. The molecule has 2 rings (SSSR count). The van der Waals surface area contributed by atoms with E-state index in [4.69, 9.17) is 5.11 Å². The molecule has 0 aliphatic carbocycles. The van der Waals surface area contributed by atoms with Gasteiger partial charge in [0.25, 0.3) is 0 Å². The lowest BCUT2D eigenvalue weighted by molar-refractivity contribution is -0.141. The van der Waals surface area contributed by atoms with E-state index in [0.717, 1.165) is 16.9 Å². The quantitative estimate of drug-likeness (QED) is 0.896. The highest BCUT2D eigenvalue weighted by molar-refractivity contribution is 5.99. The third-order valence-corrected chi connectivity index (χ3v) is 3.46. The van der Waals surface area contributed by atoms with Gasteiger partial charge >= 0.3 is 5.97 Å². The molecular weight excluding hydrogens is 244 g/mol. The van der Waals surface area contributed by atoms with Gasteiger partial charge in [-0.3, -0.25) is 9.59 Å². The van der Waals surface area contributed by atoms with E-state index in [1.807, 2.05) is 44.1 Å². The van der Waals surface area contributed by atoms with Gasteiger partial charge in [-0.25, -0.2) is 0 Å². The van der Waals surface area contributed by atoms with Crippen LogP contribution in [0, 0.1) is 12.8 Å². The van der Waals surface area contributed by atoms with E-state index in [2.05, 4.69) is 0 Å². The molecule has 1 amide bonds. The van der Waals surface area contributed by atoms with Gasteiger partial charge < -0.3 is 14.9 Å². The lowest BCUT2D eigenvalue weighted by atomic mass is 10.1. The maximum absolute atomic E-state index is 11.9. The summed E-state index contributed by atoms with van der Waals surface area (Å²) >= 11 is 0. The molecular formula is C14H18N2O3. The Kier molecular flexibility index (Phi) is 3.46. The Balaban J connectivity index is 2.30. The first-order valence-corrected chi connectivity index (χ1v) is 6.21. The summed E-state index contributed by atoms with van der Waals surface area (Å²) in [5.74, 6) is -1.63. The zero-order valence-electron chi connectivity index (χ0n) is 11.4. The molecule has 0 saturated carbocycles. The first kappa shape index (κ1) is 13.4. The minimum absolute atomic E-state index is 0.0838. The number of carboxylic acid groups (broad SMARTS) is 1. The number of aliphatic carboxylic acids is 1. The number of rotatable bonds is 3. The SMILES string of the molecule is Cc1ccc(N2CC(C(=O)O)CC2=O)cc1N(C)C. The smallest absolute Gasteiger partial charge is 0.308 e. The van der Waals surface area contributed by atoms with Crippen molar-refractivity contribution in [2.24, 2.45) is 5.92 Å². The molecule has 1 atom stereocenters. The van der Waals surface area contributed by atoms with E-state index in [-0.39, 0.29) is 18.9 Å². The second kappa shape index (κ2) is 4.91. The molecule has 0 radical (unpaired) electrons. The Morgan fingerprint density at radius 2 is 2.11 bits per heavy atom. The van der Waals surface area contributed by atoms with Gasteiger partial charge in [0.15, 0.2) is 0 Å². The number of hydrogen-bond acceptors (Lipinski definition) is 3. The second-order valence-electron chi connectivity index (χ2n) is 5.11. The van der Waals surface area contributed by atoms with Crippen LogP contribution in [0.15, 0.2) is 18.2 Å². The summed E-state index contributed by atoms with van der Waals surface area (Å²) in [7, 11) is 3.88. The Morgan fingerprint density at radius 3 is 2.63 bits per heavy atom. The third-order valence-electron chi connectivity index (χ3n) is 3.46. The lowest BCUT2D eigenvalue weighted by Crippen LogP contribution is -2.26. The average molecular weight is 262 g/mol. The fourth-order valence-corrected chi connectivity index (χ4v) is 2.37. The topological polar surface area (TPSA) is 60.9 Å². The molecule has 1 heterocycles. The number of aryl methyl sites for hydroxylation is 1. The Morgan fingerprint density at radius 1 is 1.42 bits per heavy atom. The summed E-state index contributed by atoms with van der Waals surface area (Å²) < 4.78 is 0. The van der Waals surface area contributed by atoms with Gasteiger partial charge in [-0.15, -0.1) is 0 Å². The van der Waals surface area contributed by atoms with Crippen molar-refractivity contribution in [3.8, 4) is 0 Å². The Hall–Kier alpha value is -2.04. The van der Waals surface area contributed by atoms with Crippen molar-refractivity contribution in [1.29, 1.82) is 0 Å². The van der Waals surface area contributed by atoms with Gasteiger partial charge in [0.1, 0.15) is 0 Å². The van der Waals surface area contributed by atoms with Crippen LogP contribution in [0.5, 0.6) is 0 Å². The number of carbonyl (C=O) groups excluding carboxylic acids is 1. The predicted octanol–water partition coefficient (Wildman–Crippen LogP) is 1.50. The van der Waals surface area contributed by atoms with Gasteiger partial charge in [-0.05, 0) is 24.6 Å². The van der Waals surface area contributed by atoms with Crippen molar-refractivity contribution in [2.75, 3.05) is 30.4 Å². The molecule has 1 aliphatic heterocycles. The van der Waals surface area contributed by atoms with Crippen LogP contribution in [0.4, 0.5) is 11.4 Å². The maximum Gasteiger partial charge on any atom is 0.308 e. The molecule has 1 aliphatic rings. The summed E-state index contributed by atoms with van der Waals surface area (Å²) in [6.45, 7) is 2.26. The van der Waals surface area contributed by atoms with Crippen molar-refractivity contribution in [3.63, 3.8) is 0 Å². The molecule has 1 aromatic carbocycles. The van der Waals surface area contributed by atoms with Crippen LogP contribution < -0.4 is 9.80 Å². The zero-order valence-corrected chi connectivity index (χ0v) is 11.4. The fraction of sp³-hybridized carbons (Fsp3) is 0.429. The van der Waals surface area contributed by atoms with E-state index in [0.29, 0.717) is 0 Å². The van der Waals surface area contributed by atoms with E-state index in [1.165, 1.54) is 0 Å². The molecule has 0 bridgehead atoms. The molecule has 0 spiro atoms.